The monoisotopic (exact) mass is 277 g/mol. The molecule has 0 saturated carbocycles. The van der Waals surface area contributed by atoms with Gasteiger partial charge in [-0.15, -0.1) is 12.4 Å². The standard InChI is InChI=1S/C15H15NO2.ClH/c16-13-6-8-14(9-7-13)18-11-10-15(17)12-4-2-1-3-5-12;/h1-9H,10-11,16H2;1H. The van der Waals surface area contributed by atoms with E-state index in [2.05, 4.69) is 0 Å². The summed E-state index contributed by atoms with van der Waals surface area (Å²) in [5, 5.41) is 0. The third-order valence-corrected chi connectivity index (χ3v) is 2.57. The number of ketones is 1. The van der Waals surface area contributed by atoms with Gasteiger partial charge in [-0.05, 0) is 24.3 Å². The smallest absolute Gasteiger partial charge is 0.166 e. The van der Waals surface area contributed by atoms with Crippen LogP contribution < -0.4 is 10.5 Å². The second-order valence-electron chi connectivity index (χ2n) is 3.96. The first kappa shape index (κ1) is 15.1. The van der Waals surface area contributed by atoms with Crippen molar-refractivity contribution in [2.24, 2.45) is 0 Å². The summed E-state index contributed by atoms with van der Waals surface area (Å²) in [4.78, 5) is 11.8. The minimum Gasteiger partial charge on any atom is -0.493 e. The second kappa shape index (κ2) is 7.44. The zero-order chi connectivity index (χ0) is 12.8. The largest absolute Gasteiger partial charge is 0.493 e. The van der Waals surface area contributed by atoms with Gasteiger partial charge in [-0.25, -0.2) is 0 Å². The zero-order valence-electron chi connectivity index (χ0n) is 10.4. The van der Waals surface area contributed by atoms with Crippen LogP contribution in [0, 0.1) is 0 Å². The molecule has 0 amide bonds. The molecule has 0 spiro atoms. The Balaban J connectivity index is 0.00000180. The molecule has 0 radical (unpaired) electrons. The van der Waals surface area contributed by atoms with E-state index in [0.717, 1.165) is 11.3 Å². The highest BCUT2D eigenvalue weighted by atomic mass is 35.5. The van der Waals surface area contributed by atoms with Gasteiger partial charge in [-0.1, -0.05) is 30.3 Å². The zero-order valence-corrected chi connectivity index (χ0v) is 11.2. The van der Waals surface area contributed by atoms with E-state index < -0.39 is 0 Å². The average molecular weight is 278 g/mol. The van der Waals surface area contributed by atoms with Crippen LogP contribution in [-0.2, 0) is 0 Å². The minimum absolute atomic E-state index is 0. The predicted octanol–water partition coefficient (Wildman–Crippen LogP) is 3.34. The van der Waals surface area contributed by atoms with Crippen LogP contribution in [0.4, 0.5) is 5.69 Å². The maximum Gasteiger partial charge on any atom is 0.166 e. The van der Waals surface area contributed by atoms with Gasteiger partial charge in [-0.3, -0.25) is 4.79 Å². The Hall–Kier alpha value is -2.00. The molecular formula is C15H16ClNO2. The maximum atomic E-state index is 11.8. The van der Waals surface area contributed by atoms with Gasteiger partial charge in [0.2, 0.25) is 0 Å². The summed E-state index contributed by atoms with van der Waals surface area (Å²) in [5.74, 6) is 0.816. The van der Waals surface area contributed by atoms with Crippen molar-refractivity contribution >= 4 is 23.9 Å². The lowest BCUT2D eigenvalue weighted by Crippen LogP contribution is -2.06. The van der Waals surface area contributed by atoms with E-state index in [1.165, 1.54) is 0 Å². The van der Waals surface area contributed by atoms with Crippen molar-refractivity contribution in [3.8, 4) is 5.75 Å². The first-order valence-corrected chi connectivity index (χ1v) is 5.82. The number of halogens is 1. The molecule has 0 saturated heterocycles. The third kappa shape index (κ3) is 4.64. The Morgan fingerprint density at radius 3 is 2.26 bits per heavy atom. The lowest BCUT2D eigenvalue weighted by Gasteiger charge is -2.05. The van der Waals surface area contributed by atoms with Gasteiger partial charge in [0.1, 0.15) is 5.75 Å². The summed E-state index contributed by atoms with van der Waals surface area (Å²) in [5.41, 5.74) is 6.99. The number of carbonyl (C=O) groups is 1. The molecule has 2 aromatic rings. The van der Waals surface area contributed by atoms with Crippen LogP contribution in [0.5, 0.6) is 5.75 Å². The molecule has 4 heteroatoms. The Kier molecular flexibility index (Phi) is 5.90. The van der Waals surface area contributed by atoms with E-state index in [1.807, 2.05) is 30.3 Å². The van der Waals surface area contributed by atoms with Gasteiger partial charge in [0, 0.05) is 17.7 Å². The molecule has 2 rings (SSSR count). The number of ether oxygens (including phenoxy) is 1. The highest BCUT2D eigenvalue weighted by molar-refractivity contribution is 5.96. The van der Waals surface area contributed by atoms with E-state index in [9.17, 15) is 4.79 Å². The number of hydrogen-bond acceptors (Lipinski definition) is 3. The van der Waals surface area contributed by atoms with E-state index in [0.29, 0.717) is 18.7 Å². The minimum atomic E-state index is 0. The number of benzene rings is 2. The molecule has 2 N–H and O–H groups in total. The van der Waals surface area contributed by atoms with Crippen molar-refractivity contribution < 1.29 is 9.53 Å². The molecule has 0 aliphatic carbocycles. The fraction of sp³-hybridized carbons (Fsp3) is 0.133. The number of hydrogen-bond donors (Lipinski definition) is 1. The first-order chi connectivity index (χ1) is 8.75. The second-order valence-corrected chi connectivity index (χ2v) is 3.96. The van der Waals surface area contributed by atoms with Crippen LogP contribution in [0.25, 0.3) is 0 Å². The summed E-state index contributed by atoms with van der Waals surface area (Å²) in [6, 6.07) is 16.4. The van der Waals surface area contributed by atoms with Crippen LogP contribution in [-0.4, -0.2) is 12.4 Å². The molecule has 0 unspecified atom stereocenters. The molecule has 0 bridgehead atoms. The van der Waals surface area contributed by atoms with Crippen molar-refractivity contribution in [2.45, 2.75) is 6.42 Å². The van der Waals surface area contributed by atoms with E-state index >= 15 is 0 Å². The average Bonchev–Trinajstić information content (AvgIpc) is 2.42. The highest BCUT2D eigenvalue weighted by Gasteiger charge is 2.04. The Morgan fingerprint density at radius 2 is 1.63 bits per heavy atom. The summed E-state index contributed by atoms with van der Waals surface area (Å²) in [6.45, 7) is 0.373. The Bertz CT molecular complexity index is 511. The molecule has 2 aromatic carbocycles. The molecule has 100 valence electrons. The van der Waals surface area contributed by atoms with Gasteiger partial charge in [0.25, 0.3) is 0 Å². The summed E-state index contributed by atoms with van der Waals surface area (Å²) >= 11 is 0. The summed E-state index contributed by atoms with van der Waals surface area (Å²) in [6.07, 6.45) is 0.369. The van der Waals surface area contributed by atoms with Crippen molar-refractivity contribution in [3.05, 3.63) is 60.2 Å². The number of rotatable bonds is 5. The molecule has 19 heavy (non-hydrogen) atoms. The van der Waals surface area contributed by atoms with Gasteiger partial charge in [0.05, 0.1) is 6.61 Å². The number of Topliss-reactive ketones (excluding diaryl/α,β-unsaturated/α-hetero) is 1. The normalized spacial score (nSPS) is 9.47. The van der Waals surface area contributed by atoms with Crippen LogP contribution >= 0.6 is 12.4 Å². The van der Waals surface area contributed by atoms with Crippen molar-refractivity contribution in [2.75, 3.05) is 12.3 Å². The Labute approximate surface area is 118 Å². The highest BCUT2D eigenvalue weighted by Crippen LogP contribution is 2.13. The van der Waals surface area contributed by atoms with Crippen molar-refractivity contribution in [3.63, 3.8) is 0 Å². The maximum absolute atomic E-state index is 11.8. The SMILES string of the molecule is Cl.Nc1ccc(OCCC(=O)c2ccccc2)cc1. The predicted molar refractivity (Wildman–Crippen MR) is 79.0 cm³/mol. The Morgan fingerprint density at radius 1 is 1.00 bits per heavy atom. The van der Waals surface area contributed by atoms with E-state index in [4.69, 9.17) is 10.5 Å². The van der Waals surface area contributed by atoms with Crippen LogP contribution in [0.1, 0.15) is 16.8 Å². The van der Waals surface area contributed by atoms with E-state index in [1.54, 1.807) is 24.3 Å². The first-order valence-electron chi connectivity index (χ1n) is 5.82. The van der Waals surface area contributed by atoms with E-state index in [-0.39, 0.29) is 18.2 Å². The van der Waals surface area contributed by atoms with Gasteiger partial charge in [-0.2, -0.15) is 0 Å². The van der Waals surface area contributed by atoms with Crippen molar-refractivity contribution in [1.82, 2.24) is 0 Å². The fourth-order valence-corrected chi connectivity index (χ4v) is 1.59. The van der Waals surface area contributed by atoms with Crippen LogP contribution in [0.2, 0.25) is 0 Å². The summed E-state index contributed by atoms with van der Waals surface area (Å²) < 4.78 is 5.48. The molecular weight excluding hydrogens is 262 g/mol. The number of nitrogen functional groups attached to an aromatic ring is 1. The molecule has 0 aromatic heterocycles. The van der Waals surface area contributed by atoms with Crippen LogP contribution in [0.3, 0.4) is 0 Å². The molecule has 0 aliphatic heterocycles. The molecule has 0 heterocycles. The van der Waals surface area contributed by atoms with Crippen molar-refractivity contribution in [1.29, 1.82) is 0 Å². The summed E-state index contributed by atoms with van der Waals surface area (Å²) in [7, 11) is 0. The number of nitrogens with two attached hydrogens (primary N) is 1. The van der Waals surface area contributed by atoms with Crippen LogP contribution in [0.15, 0.2) is 54.6 Å². The van der Waals surface area contributed by atoms with Gasteiger partial charge < -0.3 is 10.5 Å². The number of carbonyl (C=O) groups excluding carboxylic acids is 1. The number of anilines is 1. The lowest BCUT2D eigenvalue weighted by molar-refractivity contribution is 0.0962. The van der Waals surface area contributed by atoms with Gasteiger partial charge >= 0.3 is 0 Å². The lowest BCUT2D eigenvalue weighted by atomic mass is 10.1. The molecule has 0 fully saturated rings. The molecule has 0 aliphatic rings. The quantitative estimate of drug-likeness (QED) is 0.674. The molecule has 3 nitrogen and oxygen atoms in total. The topological polar surface area (TPSA) is 52.3 Å². The fourth-order valence-electron chi connectivity index (χ4n) is 1.59. The van der Waals surface area contributed by atoms with Gasteiger partial charge in [0.15, 0.2) is 5.78 Å². The molecule has 0 atom stereocenters. The third-order valence-electron chi connectivity index (χ3n) is 2.57.